The topological polar surface area (TPSA) is 58.6 Å². The summed E-state index contributed by atoms with van der Waals surface area (Å²) in [6.07, 6.45) is -5.92. The van der Waals surface area contributed by atoms with Gasteiger partial charge < -0.3 is 9.84 Å². The van der Waals surface area contributed by atoms with Crippen molar-refractivity contribution >= 4 is 35.0 Å². The highest BCUT2D eigenvalue weighted by Crippen LogP contribution is 2.34. The molecule has 0 saturated carbocycles. The first kappa shape index (κ1) is 14.7. The van der Waals surface area contributed by atoms with Gasteiger partial charge in [0.05, 0.1) is 10.0 Å². The van der Waals surface area contributed by atoms with Gasteiger partial charge in [0.1, 0.15) is 0 Å². The minimum absolute atomic E-state index is 0.00465. The van der Waals surface area contributed by atoms with Crippen molar-refractivity contribution in [2.75, 3.05) is 11.9 Å². The smallest absolute Gasteiger partial charge is 0.422 e. The molecule has 0 bridgehead atoms. The second-order valence-corrected chi connectivity index (χ2v) is 3.92. The number of rotatable bonds is 2. The van der Waals surface area contributed by atoms with E-state index >= 15 is 0 Å². The Hall–Kier alpha value is -1.34. The lowest BCUT2D eigenvalue weighted by molar-refractivity contribution is -0.159. The van der Waals surface area contributed by atoms with E-state index in [0.717, 1.165) is 12.1 Å². The number of amides is 1. The molecule has 0 aromatic heterocycles. The van der Waals surface area contributed by atoms with Gasteiger partial charge in [0.15, 0.2) is 12.4 Å². The van der Waals surface area contributed by atoms with Crippen molar-refractivity contribution in [3.05, 3.63) is 22.2 Å². The van der Waals surface area contributed by atoms with Gasteiger partial charge in [-0.1, -0.05) is 23.2 Å². The van der Waals surface area contributed by atoms with E-state index in [1.165, 1.54) is 0 Å². The largest absolute Gasteiger partial charge is 0.505 e. The van der Waals surface area contributed by atoms with E-state index in [1.54, 1.807) is 0 Å². The zero-order valence-electron chi connectivity index (χ0n) is 8.52. The number of aromatic hydroxyl groups is 1. The van der Waals surface area contributed by atoms with Gasteiger partial charge in [-0.2, -0.15) is 13.2 Å². The average molecular weight is 304 g/mol. The first-order valence-corrected chi connectivity index (χ1v) is 5.13. The first-order valence-electron chi connectivity index (χ1n) is 4.37. The van der Waals surface area contributed by atoms with Crippen LogP contribution in [0.2, 0.25) is 10.0 Å². The van der Waals surface area contributed by atoms with E-state index in [9.17, 15) is 23.1 Å². The number of phenolic OH excluding ortho intramolecular Hbond substituents is 1. The zero-order valence-corrected chi connectivity index (χ0v) is 10.0. The highest BCUT2D eigenvalue weighted by molar-refractivity contribution is 6.37. The van der Waals surface area contributed by atoms with E-state index in [0.29, 0.717) is 0 Å². The second-order valence-electron chi connectivity index (χ2n) is 3.10. The molecule has 0 spiro atoms. The first-order chi connectivity index (χ1) is 8.19. The van der Waals surface area contributed by atoms with Crippen LogP contribution in [0.5, 0.6) is 5.75 Å². The lowest BCUT2D eigenvalue weighted by Gasteiger charge is -2.10. The van der Waals surface area contributed by atoms with Crippen LogP contribution in [0.15, 0.2) is 12.1 Å². The van der Waals surface area contributed by atoms with Crippen LogP contribution in [0.3, 0.4) is 0 Å². The molecule has 1 rings (SSSR count). The van der Waals surface area contributed by atoms with Crippen LogP contribution < -0.4 is 5.32 Å². The summed E-state index contributed by atoms with van der Waals surface area (Å²) in [6, 6.07) is 2.22. The van der Waals surface area contributed by atoms with Gasteiger partial charge in [-0.15, -0.1) is 0 Å². The highest BCUT2D eigenvalue weighted by Gasteiger charge is 2.29. The number of halogens is 5. The van der Waals surface area contributed by atoms with E-state index < -0.39 is 24.6 Å². The van der Waals surface area contributed by atoms with Crippen molar-refractivity contribution in [2.24, 2.45) is 0 Å². The fourth-order valence-electron chi connectivity index (χ4n) is 0.939. The molecule has 18 heavy (non-hydrogen) atoms. The molecular formula is C9H6Cl2F3NO3. The van der Waals surface area contributed by atoms with Gasteiger partial charge in [-0.3, -0.25) is 5.32 Å². The standard InChI is InChI=1S/C9H6Cl2F3NO3/c10-5-1-4(2-6(11)7(5)16)15-8(17)18-3-9(12,13)14/h1-2,16H,3H2,(H,15,17). The Balaban J connectivity index is 2.65. The Morgan fingerprint density at radius 1 is 1.33 bits per heavy atom. The van der Waals surface area contributed by atoms with Crippen molar-refractivity contribution in [1.82, 2.24) is 0 Å². The van der Waals surface area contributed by atoms with Crippen LogP contribution >= 0.6 is 23.2 Å². The quantitative estimate of drug-likeness (QED) is 0.817. The van der Waals surface area contributed by atoms with E-state index in [2.05, 4.69) is 4.74 Å². The molecule has 0 aliphatic heterocycles. The van der Waals surface area contributed by atoms with Crippen molar-refractivity contribution in [2.45, 2.75) is 6.18 Å². The van der Waals surface area contributed by atoms with Crippen LogP contribution in [0.25, 0.3) is 0 Å². The molecule has 0 heterocycles. The Morgan fingerprint density at radius 3 is 2.28 bits per heavy atom. The molecule has 9 heteroatoms. The number of carbonyl (C=O) groups excluding carboxylic acids is 1. The number of benzene rings is 1. The minimum Gasteiger partial charge on any atom is -0.505 e. The second kappa shape index (κ2) is 5.53. The number of phenols is 1. The van der Waals surface area contributed by atoms with Gasteiger partial charge in [0.2, 0.25) is 0 Å². The molecular weight excluding hydrogens is 298 g/mol. The summed E-state index contributed by atoms with van der Waals surface area (Å²) in [4.78, 5) is 11.0. The lowest BCUT2D eigenvalue weighted by Crippen LogP contribution is -2.23. The SMILES string of the molecule is O=C(Nc1cc(Cl)c(O)c(Cl)c1)OCC(F)(F)F. The third-order valence-electron chi connectivity index (χ3n) is 1.63. The number of hydrogen-bond acceptors (Lipinski definition) is 3. The van der Waals surface area contributed by atoms with Crippen LogP contribution in [-0.4, -0.2) is 24.0 Å². The Bertz CT molecular complexity index is 442. The summed E-state index contributed by atoms with van der Waals surface area (Å²) in [5.41, 5.74) is -0.00465. The molecule has 0 fully saturated rings. The number of alkyl halides is 3. The Morgan fingerprint density at radius 2 is 1.83 bits per heavy atom. The number of nitrogens with one attached hydrogen (secondary N) is 1. The van der Waals surface area contributed by atoms with Crippen LogP contribution in [0.4, 0.5) is 23.7 Å². The maximum Gasteiger partial charge on any atom is 0.422 e. The highest BCUT2D eigenvalue weighted by atomic mass is 35.5. The third-order valence-corrected chi connectivity index (χ3v) is 2.21. The molecule has 0 atom stereocenters. The summed E-state index contributed by atoms with van der Waals surface area (Å²) >= 11 is 11.1. The van der Waals surface area contributed by atoms with Gasteiger partial charge in [0.25, 0.3) is 0 Å². The van der Waals surface area contributed by atoms with Gasteiger partial charge >= 0.3 is 12.3 Å². The normalized spacial score (nSPS) is 11.2. The zero-order chi connectivity index (χ0) is 13.9. The molecule has 4 nitrogen and oxygen atoms in total. The van der Waals surface area contributed by atoms with Crippen LogP contribution in [0.1, 0.15) is 0 Å². The Kier molecular flexibility index (Phi) is 4.53. The summed E-state index contributed by atoms with van der Waals surface area (Å²) < 4.78 is 39.2. The fourth-order valence-corrected chi connectivity index (χ4v) is 1.43. The summed E-state index contributed by atoms with van der Waals surface area (Å²) in [6.45, 7) is -1.71. The van der Waals surface area contributed by atoms with Crippen LogP contribution in [0, 0.1) is 0 Å². The third kappa shape index (κ3) is 4.50. The monoisotopic (exact) mass is 303 g/mol. The summed E-state index contributed by atoms with van der Waals surface area (Å²) in [7, 11) is 0. The van der Waals surface area contributed by atoms with Crippen molar-refractivity contribution < 1.29 is 27.8 Å². The van der Waals surface area contributed by atoms with Crippen molar-refractivity contribution in [3.8, 4) is 5.75 Å². The molecule has 1 aromatic rings. The fraction of sp³-hybridized carbons (Fsp3) is 0.222. The van der Waals surface area contributed by atoms with Crippen molar-refractivity contribution in [3.63, 3.8) is 0 Å². The minimum atomic E-state index is -4.61. The number of anilines is 1. The van der Waals surface area contributed by atoms with E-state index in [4.69, 9.17) is 23.2 Å². The maximum absolute atomic E-state index is 11.8. The number of hydrogen-bond donors (Lipinski definition) is 2. The van der Waals surface area contributed by atoms with Gasteiger partial charge in [-0.05, 0) is 12.1 Å². The molecule has 0 radical (unpaired) electrons. The van der Waals surface area contributed by atoms with Gasteiger partial charge in [-0.25, -0.2) is 4.79 Å². The lowest BCUT2D eigenvalue weighted by atomic mass is 10.3. The molecule has 100 valence electrons. The predicted octanol–water partition coefficient (Wildman–Crippen LogP) is 3.81. The molecule has 1 aromatic carbocycles. The van der Waals surface area contributed by atoms with E-state index in [1.807, 2.05) is 5.32 Å². The molecule has 0 saturated heterocycles. The van der Waals surface area contributed by atoms with Gasteiger partial charge in [0, 0.05) is 5.69 Å². The maximum atomic E-state index is 11.8. The molecule has 0 aliphatic carbocycles. The predicted molar refractivity (Wildman–Crippen MR) is 59.2 cm³/mol. The van der Waals surface area contributed by atoms with E-state index in [-0.39, 0.29) is 15.7 Å². The molecule has 0 unspecified atom stereocenters. The average Bonchev–Trinajstić information content (AvgIpc) is 2.22. The summed E-state index contributed by atoms with van der Waals surface area (Å²) in [5.74, 6) is -0.396. The Labute approximate surface area is 109 Å². The molecule has 1 amide bonds. The molecule has 0 aliphatic rings. The number of carbonyl (C=O) groups is 1. The van der Waals surface area contributed by atoms with Crippen molar-refractivity contribution in [1.29, 1.82) is 0 Å². The summed E-state index contributed by atoms with van der Waals surface area (Å²) in [5, 5.41) is 10.9. The molecule has 2 N–H and O–H groups in total. The van der Waals surface area contributed by atoms with Crippen LogP contribution in [-0.2, 0) is 4.74 Å². The number of ether oxygens (including phenoxy) is 1.